The van der Waals surface area contributed by atoms with Gasteiger partial charge in [0.25, 0.3) is 0 Å². The normalized spacial score (nSPS) is 23.9. The number of nitrogens with zero attached hydrogens (tertiary/aromatic N) is 2. The molecule has 0 aromatic heterocycles. The molecule has 2 rings (SSSR count). The molecule has 0 aromatic rings. The molecule has 2 heterocycles. The lowest BCUT2D eigenvalue weighted by atomic mass is 10.0. The average Bonchev–Trinajstić information content (AvgIpc) is 2.91. The molecule has 0 amide bonds. The van der Waals surface area contributed by atoms with Crippen LogP contribution < -0.4 is 21.3 Å². The van der Waals surface area contributed by atoms with Crippen LogP contribution in [0.25, 0.3) is 0 Å². The molecular formula is C19H40N6O3. The summed E-state index contributed by atoms with van der Waals surface area (Å²) in [6, 6.07) is -0.0608. The monoisotopic (exact) mass is 400 g/mol. The fourth-order valence-electron chi connectivity index (χ4n) is 3.88. The van der Waals surface area contributed by atoms with Gasteiger partial charge in [-0.25, -0.2) is 0 Å². The van der Waals surface area contributed by atoms with Crippen LogP contribution in [-0.4, -0.2) is 125 Å². The Morgan fingerprint density at radius 3 is 1.89 bits per heavy atom. The number of ether oxygens (including phenoxy) is 1. The van der Waals surface area contributed by atoms with Gasteiger partial charge in [-0.05, 0) is 6.42 Å². The quantitative estimate of drug-likeness (QED) is 0.301. The SMILES string of the molecule is COC(=O)CCC(C(O)CN1CCNCCNCC1)N1CCNCCNCC1. The van der Waals surface area contributed by atoms with Gasteiger partial charge in [-0.1, -0.05) is 0 Å². The topological polar surface area (TPSA) is 101 Å². The van der Waals surface area contributed by atoms with Gasteiger partial charge in [0.2, 0.25) is 0 Å². The van der Waals surface area contributed by atoms with Crippen LogP contribution in [0.1, 0.15) is 12.8 Å². The average molecular weight is 401 g/mol. The van der Waals surface area contributed by atoms with E-state index >= 15 is 0 Å². The van der Waals surface area contributed by atoms with Crippen LogP contribution >= 0.6 is 0 Å². The molecule has 0 spiro atoms. The second kappa shape index (κ2) is 14.2. The van der Waals surface area contributed by atoms with Gasteiger partial charge in [-0.3, -0.25) is 14.6 Å². The van der Waals surface area contributed by atoms with Crippen molar-refractivity contribution in [3.63, 3.8) is 0 Å². The van der Waals surface area contributed by atoms with Crippen molar-refractivity contribution in [3.8, 4) is 0 Å². The number of carbonyl (C=O) groups is 1. The van der Waals surface area contributed by atoms with Gasteiger partial charge >= 0.3 is 5.97 Å². The molecule has 0 radical (unpaired) electrons. The van der Waals surface area contributed by atoms with Crippen LogP contribution in [-0.2, 0) is 9.53 Å². The number of methoxy groups -OCH3 is 1. The lowest BCUT2D eigenvalue weighted by Gasteiger charge is -2.37. The van der Waals surface area contributed by atoms with Gasteiger partial charge in [0.1, 0.15) is 0 Å². The van der Waals surface area contributed by atoms with Crippen molar-refractivity contribution < 1.29 is 14.6 Å². The van der Waals surface area contributed by atoms with E-state index in [0.717, 1.165) is 78.5 Å². The first kappa shape index (κ1) is 23.5. The zero-order chi connectivity index (χ0) is 20.0. The standard InChI is InChI=1S/C19H40N6O3/c1-28-19(27)3-2-17(25-14-10-22-6-7-23-11-15-25)18(26)16-24-12-8-20-4-5-21-9-13-24/h17-18,20-23,26H,2-16H2,1H3. The molecule has 28 heavy (non-hydrogen) atoms. The van der Waals surface area contributed by atoms with Crippen molar-refractivity contribution in [2.45, 2.75) is 25.0 Å². The third-order valence-electron chi connectivity index (χ3n) is 5.55. The van der Waals surface area contributed by atoms with Crippen LogP contribution in [0.2, 0.25) is 0 Å². The third kappa shape index (κ3) is 9.13. The molecule has 0 saturated carbocycles. The van der Waals surface area contributed by atoms with Crippen molar-refractivity contribution in [3.05, 3.63) is 0 Å². The van der Waals surface area contributed by atoms with Gasteiger partial charge in [0.15, 0.2) is 0 Å². The number of aliphatic hydroxyl groups is 1. The van der Waals surface area contributed by atoms with E-state index in [1.54, 1.807) is 0 Å². The maximum Gasteiger partial charge on any atom is 0.305 e. The molecular weight excluding hydrogens is 360 g/mol. The summed E-state index contributed by atoms with van der Waals surface area (Å²) < 4.78 is 4.84. The molecule has 2 aliphatic heterocycles. The fraction of sp³-hybridized carbons (Fsp3) is 0.947. The van der Waals surface area contributed by atoms with E-state index in [2.05, 4.69) is 31.1 Å². The van der Waals surface area contributed by atoms with E-state index in [9.17, 15) is 9.90 Å². The van der Waals surface area contributed by atoms with E-state index in [1.165, 1.54) is 7.11 Å². The van der Waals surface area contributed by atoms with Crippen molar-refractivity contribution in [1.82, 2.24) is 31.1 Å². The fourth-order valence-corrected chi connectivity index (χ4v) is 3.88. The lowest BCUT2D eigenvalue weighted by molar-refractivity contribution is -0.141. The third-order valence-corrected chi connectivity index (χ3v) is 5.55. The van der Waals surface area contributed by atoms with E-state index in [-0.39, 0.29) is 12.0 Å². The number of nitrogens with one attached hydrogen (secondary N) is 4. The number of rotatable bonds is 7. The second-order valence-corrected chi connectivity index (χ2v) is 7.59. The largest absolute Gasteiger partial charge is 0.469 e. The number of esters is 1. The second-order valence-electron chi connectivity index (χ2n) is 7.59. The number of aliphatic hydroxyl groups excluding tert-OH is 1. The molecule has 2 atom stereocenters. The summed E-state index contributed by atoms with van der Waals surface area (Å²) in [6.07, 6.45) is 0.433. The molecule has 0 aliphatic carbocycles. The Morgan fingerprint density at radius 2 is 1.39 bits per heavy atom. The first-order chi connectivity index (χ1) is 13.7. The smallest absolute Gasteiger partial charge is 0.305 e. The van der Waals surface area contributed by atoms with Crippen molar-refractivity contribution in [2.24, 2.45) is 0 Å². The zero-order valence-electron chi connectivity index (χ0n) is 17.4. The summed E-state index contributed by atoms with van der Waals surface area (Å²) in [6.45, 7) is 11.7. The minimum atomic E-state index is -0.508. The van der Waals surface area contributed by atoms with Crippen LogP contribution in [0.5, 0.6) is 0 Å². The van der Waals surface area contributed by atoms with Crippen molar-refractivity contribution >= 4 is 5.97 Å². The van der Waals surface area contributed by atoms with Gasteiger partial charge in [-0.2, -0.15) is 0 Å². The minimum absolute atomic E-state index is 0.0608. The molecule has 0 aromatic carbocycles. The molecule has 9 nitrogen and oxygen atoms in total. The molecule has 2 unspecified atom stereocenters. The summed E-state index contributed by atoms with van der Waals surface area (Å²) in [5, 5.41) is 24.8. The van der Waals surface area contributed by atoms with Crippen molar-refractivity contribution in [1.29, 1.82) is 0 Å². The van der Waals surface area contributed by atoms with Gasteiger partial charge in [-0.15, -0.1) is 0 Å². The summed E-state index contributed by atoms with van der Waals surface area (Å²) in [7, 11) is 1.42. The van der Waals surface area contributed by atoms with E-state index in [4.69, 9.17) is 4.74 Å². The first-order valence-corrected chi connectivity index (χ1v) is 10.7. The summed E-state index contributed by atoms with van der Waals surface area (Å²) in [5.41, 5.74) is 0. The minimum Gasteiger partial charge on any atom is -0.469 e. The number of carbonyl (C=O) groups excluding carboxylic acids is 1. The Hall–Kier alpha value is -0.810. The summed E-state index contributed by atoms with van der Waals surface area (Å²) in [5.74, 6) is -0.214. The molecule has 5 N–H and O–H groups in total. The Morgan fingerprint density at radius 1 is 0.893 bits per heavy atom. The Bertz CT molecular complexity index is 408. The van der Waals surface area contributed by atoms with Gasteiger partial charge in [0, 0.05) is 97.5 Å². The van der Waals surface area contributed by atoms with Crippen molar-refractivity contribution in [2.75, 3.05) is 92.2 Å². The Balaban J connectivity index is 1.98. The highest BCUT2D eigenvalue weighted by molar-refractivity contribution is 5.69. The van der Waals surface area contributed by atoms with Crippen LogP contribution in [0.15, 0.2) is 0 Å². The highest BCUT2D eigenvalue weighted by Crippen LogP contribution is 2.14. The van der Waals surface area contributed by atoms with E-state index in [0.29, 0.717) is 19.4 Å². The molecule has 164 valence electrons. The highest BCUT2D eigenvalue weighted by Gasteiger charge is 2.28. The molecule has 2 fully saturated rings. The maximum absolute atomic E-state index is 11.7. The zero-order valence-corrected chi connectivity index (χ0v) is 17.4. The van der Waals surface area contributed by atoms with E-state index in [1.807, 2.05) is 0 Å². The molecule has 2 saturated heterocycles. The van der Waals surface area contributed by atoms with Crippen LogP contribution in [0.3, 0.4) is 0 Å². The summed E-state index contributed by atoms with van der Waals surface area (Å²) in [4.78, 5) is 16.4. The van der Waals surface area contributed by atoms with Crippen LogP contribution in [0.4, 0.5) is 0 Å². The summed E-state index contributed by atoms with van der Waals surface area (Å²) >= 11 is 0. The van der Waals surface area contributed by atoms with Gasteiger partial charge in [0.05, 0.1) is 13.2 Å². The first-order valence-electron chi connectivity index (χ1n) is 10.7. The van der Waals surface area contributed by atoms with E-state index < -0.39 is 6.10 Å². The predicted octanol–water partition coefficient (Wildman–Crippen LogP) is -2.34. The lowest BCUT2D eigenvalue weighted by Crippen LogP contribution is -2.52. The number of β-amino-alcohol motifs (C(OH)–C–C–N with tert-alkyl or cyclic N) is 1. The number of hydrogen-bond acceptors (Lipinski definition) is 9. The number of hydrogen-bond donors (Lipinski definition) is 5. The predicted molar refractivity (Wildman–Crippen MR) is 111 cm³/mol. The molecule has 9 heteroatoms. The maximum atomic E-state index is 11.7. The molecule has 0 bridgehead atoms. The van der Waals surface area contributed by atoms with Gasteiger partial charge < -0.3 is 31.1 Å². The Kier molecular flexibility index (Phi) is 11.9. The highest BCUT2D eigenvalue weighted by atomic mass is 16.5. The Labute approximate surface area is 169 Å². The van der Waals surface area contributed by atoms with Crippen LogP contribution in [0, 0.1) is 0 Å². The molecule has 2 aliphatic rings.